The number of amides is 1. The summed E-state index contributed by atoms with van der Waals surface area (Å²) in [5.74, 6) is 1.01. The number of hydrogen-bond donors (Lipinski definition) is 1. The van der Waals surface area contributed by atoms with Gasteiger partial charge in [0.2, 0.25) is 0 Å². The highest BCUT2D eigenvalue weighted by Crippen LogP contribution is 2.24. The molecule has 0 unspecified atom stereocenters. The van der Waals surface area contributed by atoms with Gasteiger partial charge in [-0.2, -0.15) is 5.10 Å². The molecule has 1 aromatic carbocycles. The van der Waals surface area contributed by atoms with Crippen LogP contribution < -0.4 is 10.1 Å². The van der Waals surface area contributed by atoms with Crippen molar-refractivity contribution in [2.75, 3.05) is 0 Å². The second-order valence-electron chi connectivity index (χ2n) is 5.23. The smallest absolute Gasteiger partial charge is 0.287 e. The number of hydrogen-bond acceptors (Lipinski definition) is 4. The van der Waals surface area contributed by atoms with Gasteiger partial charge < -0.3 is 14.5 Å². The van der Waals surface area contributed by atoms with Crippen LogP contribution in [0, 0.1) is 0 Å². The number of furan rings is 1. The van der Waals surface area contributed by atoms with Crippen LogP contribution in [0.4, 0.5) is 0 Å². The van der Waals surface area contributed by atoms with Crippen molar-refractivity contribution in [3.63, 3.8) is 0 Å². The second-order valence-corrected chi connectivity index (χ2v) is 6.49. The number of halogens is 2. The van der Waals surface area contributed by atoms with Gasteiger partial charge in [0.25, 0.3) is 5.91 Å². The molecule has 0 saturated carbocycles. The predicted molar refractivity (Wildman–Crippen MR) is 96.6 cm³/mol. The summed E-state index contributed by atoms with van der Waals surface area (Å²) in [5.41, 5.74) is 0.863. The van der Waals surface area contributed by atoms with E-state index in [1.807, 2.05) is 19.2 Å². The molecule has 0 saturated heterocycles. The molecule has 0 aliphatic heterocycles. The maximum Gasteiger partial charge on any atom is 0.287 e. The minimum absolute atomic E-state index is 0.185. The Hall–Kier alpha value is -2.25. The fourth-order valence-electron chi connectivity index (χ4n) is 2.17. The molecule has 0 bridgehead atoms. The van der Waals surface area contributed by atoms with Crippen LogP contribution in [0.25, 0.3) is 0 Å². The van der Waals surface area contributed by atoms with Crippen LogP contribution in [0.5, 0.6) is 5.75 Å². The van der Waals surface area contributed by atoms with Crippen LogP contribution in [0.2, 0.25) is 5.02 Å². The lowest BCUT2D eigenvalue weighted by molar-refractivity contribution is 0.0918. The van der Waals surface area contributed by atoms with Gasteiger partial charge in [0.15, 0.2) is 5.76 Å². The van der Waals surface area contributed by atoms with E-state index in [2.05, 4.69) is 26.3 Å². The molecule has 130 valence electrons. The fraction of sp³-hybridized carbons (Fsp3) is 0.176. The molecule has 0 aliphatic carbocycles. The Labute approximate surface area is 157 Å². The van der Waals surface area contributed by atoms with Crippen LogP contribution in [0.15, 0.2) is 51.5 Å². The number of rotatable bonds is 6. The summed E-state index contributed by atoms with van der Waals surface area (Å²) in [5, 5.41) is 7.41. The zero-order chi connectivity index (χ0) is 17.8. The van der Waals surface area contributed by atoms with Crippen molar-refractivity contribution in [3.05, 3.63) is 69.3 Å². The lowest BCUT2D eigenvalue weighted by Crippen LogP contribution is -2.23. The minimum atomic E-state index is -0.308. The summed E-state index contributed by atoms with van der Waals surface area (Å²) in [6, 6.07) is 10.5. The molecule has 0 radical (unpaired) electrons. The molecule has 2 aromatic heterocycles. The molecular formula is C17H15BrClN3O3. The molecule has 8 heteroatoms. The van der Waals surface area contributed by atoms with E-state index in [4.69, 9.17) is 20.8 Å². The summed E-state index contributed by atoms with van der Waals surface area (Å²) in [6.07, 6.45) is 1.68. The molecule has 25 heavy (non-hydrogen) atoms. The van der Waals surface area contributed by atoms with Crippen molar-refractivity contribution in [2.45, 2.75) is 13.2 Å². The predicted octanol–water partition coefficient (Wildman–Crippen LogP) is 3.94. The number of aryl methyl sites for hydroxylation is 1. The molecule has 6 nitrogen and oxygen atoms in total. The van der Waals surface area contributed by atoms with Crippen LogP contribution in [0.1, 0.15) is 22.0 Å². The Morgan fingerprint density at radius 2 is 2.16 bits per heavy atom. The first-order valence-corrected chi connectivity index (χ1v) is 8.62. The lowest BCUT2D eigenvalue weighted by atomic mass is 10.3. The normalized spacial score (nSPS) is 10.7. The van der Waals surface area contributed by atoms with E-state index in [1.54, 1.807) is 35.1 Å². The number of benzene rings is 1. The van der Waals surface area contributed by atoms with Crippen LogP contribution in [-0.2, 0) is 20.2 Å². The number of carbonyl (C=O) groups excluding carboxylic acids is 1. The molecule has 0 aliphatic rings. The van der Waals surface area contributed by atoms with E-state index >= 15 is 0 Å². The van der Waals surface area contributed by atoms with Gasteiger partial charge in [-0.1, -0.05) is 23.7 Å². The molecule has 1 amide bonds. The highest BCUT2D eigenvalue weighted by atomic mass is 79.9. The van der Waals surface area contributed by atoms with E-state index in [0.29, 0.717) is 23.1 Å². The first-order chi connectivity index (χ1) is 12.0. The average Bonchev–Trinajstić information content (AvgIpc) is 3.20. The maximum absolute atomic E-state index is 12.2. The molecule has 3 aromatic rings. The van der Waals surface area contributed by atoms with Gasteiger partial charge in [-0.25, -0.2) is 0 Å². The Kier molecular flexibility index (Phi) is 5.45. The summed E-state index contributed by atoms with van der Waals surface area (Å²) in [4.78, 5) is 12.2. The third kappa shape index (κ3) is 4.24. The summed E-state index contributed by atoms with van der Waals surface area (Å²) in [7, 11) is 1.81. The summed E-state index contributed by atoms with van der Waals surface area (Å²) >= 11 is 9.42. The Morgan fingerprint density at radius 1 is 1.36 bits per heavy atom. The van der Waals surface area contributed by atoms with Gasteiger partial charge in [-0.05, 0) is 40.2 Å². The van der Waals surface area contributed by atoms with E-state index < -0.39 is 0 Å². The van der Waals surface area contributed by atoms with E-state index in [1.165, 1.54) is 0 Å². The van der Waals surface area contributed by atoms with Gasteiger partial charge >= 0.3 is 0 Å². The number of nitrogens with one attached hydrogen (secondary N) is 1. The van der Waals surface area contributed by atoms with Gasteiger partial charge in [0.05, 0.1) is 27.9 Å². The Balaban J connectivity index is 1.57. The first kappa shape index (κ1) is 17.6. The number of nitrogens with zero attached hydrogens (tertiary/aromatic N) is 2. The molecule has 0 atom stereocenters. The Morgan fingerprint density at radius 3 is 2.88 bits per heavy atom. The number of para-hydroxylation sites is 1. The summed E-state index contributed by atoms with van der Waals surface area (Å²) < 4.78 is 13.6. The van der Waals surface area contributed by atoms with Crippen molar-refractivity contribution in [2.24, 2.45) is 7.05 Å². The Bertz CT molecular complexity index is 871. The highest BCUT2D eigenvalue weighted by Gasteiger charge is 2.14. The van der Waals surface area contributed by atoms with Gasteiger partial charge in [0.1, 0.15) is 18.1 Å². The summed E-state index contributed by atoms with van der Waals surface area (Å²) in [6.45, 7) is 0.520. The number of carbonyl (C=O) groups is 1. The maximum atomic E-state index is 12.2. The van der Waals surface area contributed by atoms with Gasteiger partial charge in [-0.3, -0.25) is 9.48 Å². The van der Waals surface area contributed by atoms with E-state index in [0.717, 1.165) is 10.2 Å². The SMILES string of the molecule is Cn1ncc(Br)c1CNC(=O)c1ccc(COc2ccccc2Cl)o1. The zero-order valence-electron chi connectivity index (χ0n) is 13.3. The fourth-order valence-corrected chi connectivity index (χ4v) is 2.85. The largest absolute Gasteiger partial charge is 0.484 e. The van der Waals surface area contributed by atoms with Gasteiger partial charge in [-0.15, -0.1) is 0 Å². The van der Waals surface area contributed by atoms with Crippen molar-refractivity contribution < 1.29 is 13.9 Å². The molecule has 0 fully saturated rings. The lowest BCUT2D eigenvalue weighted by Gasteiger charge is -2.06. The van der Waals surface area contributed by atoms with E-state index in [9.17, 15) is 4.79 Å². The van der Waals surface area contributed by atoms with Crippen molar-refractivity contribution in [3.8, 4) is 5.75 Å². The quantitative estimate of drug-likeness (QED) is 0.651. The van der Waals surface area contributed by atoms with Crippen LogP contribution in [0.3, 0.4) is 0 Å². The topological polar surface area (TPSA) is 69.3 Å². The van der Waals surface area contributed by atoms with Crippen molar-refractivity contribution >= 4 is 33.4 Å². The first-order valence-electron chi connectivity index (χ1n) is 7.45. The number of ether oxygens (including phenoxy) is 1. The standard InChI is InChI=1S/C17H15BrClN3O3/c1-22-14(12(18)8-21-22)9-20-17(23)16-7-6-11(25-16)10-24-15-5-3-2-4-13(15)19/h2-8H,9-10H2,1H3,(H,20,23). The molecule has 0 spiro atoms. The van der Waals surface area contributed by atoms with Crippen LogP contribution in [-0.4, -0.2) is 15.7 Å². The van der Waals surface area contributed by atoms with Crippen LogP contribution >= 0.6 is 27.5 Å². The van der Waals surface area contributed by atoms with Crippen molar-refractivity contribution in [1.82, 2.24) is 15.1 Å². The monoisotopic (exact) mass is 423 g/mol. The third-order valence-corrected chi connectivity index (χ3v) is 4.49. The number of aromatic nitrogens is 2. The van der Waals surface area contributed by atoms with Crippen molar-refractivity contribution in [1.29, 1.82) is 0 Å². The highest BCUT2D eigenvalue weighted by molar-refractivity contribution is 9.10. The molecule has 1 N–H and O–H groups in total. The molecule has 2 heterocycles. The molecular weight excluding hydrogens is 410 g/mol. The minimum Gasteiger partial charge on any atom is -0.484 e. The third-order valence-electron chi connectivity index (χ3n) is 3.52. The second kappa shape index (κ2) is 7.76. The van der Waals surface area contributed by atoms with E-state index in [-0.39, 0.29) is 18.3 Å². The van der Waals surface area contributed by atoms with Gasteiger partial charge in [0, 0.05) is 7.05 Å². The molecule has 3 rings (SSSR count). The zero-order valence-corrected chi connectivity index (χ0v) is 15.7. The average molecular weight is 425 g/mol.